The topological polar surface area (TPSA) is 44.0 Å². The Morgan fingerprint density at radius 2 is 2.25 bits per heavy atom. The van der Waals surface area contributed by atoms with Gasteiger partial charge in [0.05, 0.1) is 6.61 Å². The summed E-state index contributed by atoms with van der Waals surface area (Å²) in [5.74, 6) is -0.619. The first-order valence-corrected chi connectivity index (χ1v) is 4.26. The van der Waals surface area contributed by atoms with E-state index >= 15 is 0 Å². The van der Waals surface area contributed by atoms with Crippen LogP contribution >= 0.6 is 22.6 Å². The Balaban J connectivity index is 3.36. The molecule has 1 aromatic carbocycles. The minimum atomic E-state index is -0.619. The number of halogens is 2. The number of hydrogen-bond donors (Lipinski definition) is 1. The van der Waals surface area contributed by atoms with Crippen molar-refractivity contribution in [2.24, 2.45) is 0 Å². The molecule has 0 aliphatic heterocycles. The maximum absolute atomic E-state index is 13.1. The molecule has 12 heavy (non-hydrogen) atoms. The van der Waals surface area contributed by atoms with E-state index in [0.717, 1.165) is 0 Å². The largest absolute Gasteiger partial charge is 0.392 e. The van der Waals surface area contributed by atoms with Crippen molar-refractivity contribution >= 4 is 22.6 Å². The van der Waals surface area contributed by atoms with Gasteiger partial charge >= 0.3 is 0 Å². The predicted molar refractivity (Wildman–Crippen MR) is 49.8 cm³/mol. The Morgan fingerprint density at radius 3 is 2.75 bits per heavy atom. The summed E-state index contributed by atoms with van der Waals surface area (Å²) in [6.07, 6.45) is 0. The second-order valence-electron chi connectivity index (χ2n) is 2.17. The molecule has 4 heteroatoms. The molecule has 0 heterocycles. The predicted octanol–water partition coefficient (Wildman–Crippen LogP) is 1.79. The van der Waals surface area contributed by atoms with E-state index in [1.54, 1.807) is 12.1 Å². The first-order chi connectivity index (χ1) is 5.70. The summed E-state index contributed by atoms with van der Waals surface area (Å²) in [4.78, 5) is 0. The molecule has 0 saturated heterocycles. The zero-order valence-electron chi connectivity index (χ0n) is 6.01. The highest BCUT2D eigenvalue weighted by atomic mass is 127. The van der Waals surface area contributed by atoms with E-state index in [9.17, 15) is 4.39 Å². The van der Waals surface area contributed by atoms with Gasteiger partial charge in [0.25, 0.3) is 0 Å². The van der Waals surface area contributed by atoms with E-state index in [-0.39, 0.29) is 17.7 Å². The van der Waals surface area contributed by atoms with Crippen molar-refractivity contribution in [1.82, 2.24) is 0 Å². The van der Waals surface area contributed by atoms with Crippen LogP contribution in [-0.2, 0) is 6.61 Å². The maximum atomic E-state index is 13.1. The molecule has 0 atom stereocenters. The molecule has 2 nitrogen and oxygen atoms in total. The SMILES string of the molecule is N#Cc1c(I)ccc(CO)c1F. The Kier molecular flexibility index (Phi) is 3.00. The van der Waals surface area contributed by atoms with Crippen molar-refractivity contribution in [2.75, 3.05) is 0 Å². The molecule has 0 saturated carbocycles. The van der Waals surface area contributed by atoms with Gasteiger partial charge in [-0.05, 0) is 28.7 Å². The maximum Gasteiger partial charge on any atom is 0.147 e. The monoisotopic (exact) mass is 277 g/mol. The number of rotatable bonds is 1. The lowest BCUT2D eigenvalue weighted by atomic mass is 10.1. The van der Waals surface area contributed by atoms with Crippen LogP contribution in [0.1, 0.15) is 11.1 Å². The van der Waals surface area contributed by atoms with Crippen LogP contribution in [0.2, 0.25) is 0 Å². The molecule has 1 N–H and O–H groups in total. The second-order valence-corrected chi connectivity index (χ2v) is 3.33. The molecule has 62 valence electrons. The van der Waals surface area contributed by atoms with Crippen molar-refractivity contribution in [1.29, 1.82) is 5.26 Å². The lowest BCUT2D eigenvalue weighted by molar-refractivity contribution is 0.275. The summed E-state index contributed by atoms with van der Waals surface area (Å²) in [6, 6.07) is 4.82. The molecule has 0 bridgehead atoms. The normalized spacial score (nSPS) is 9.50. The summed E-state index contributed by atoms with van der Waals surface area (Å²) in [5, 5.41) is 17.2. The number of aliphatic hydroxyl groups excluding tert-OH is 1. The fraction of sp³-hybridized carbons (Fsp3) is 0.125. The quantitative estimate of drug-likeness (QED) is 0.795. The van der Waals surface area contributed by atoms with Gasteiger partial charge < -0.3 is 5.11 Å². The minimum Gasteiger partial charge on any atom is -0.392 e. The first-order valence-electron chi connectivity index (χ1n) is 3.18. The highest BCUT2D eigenvalue weighted by molar-refractivity contribution is 14.1. The first kappa shape index (κ1) is 9.42. The number of nitriles is 1. The molecular formula is C8H5FINO. The smallest absolute Gasteiger partial charge is 0.147 e. The number of aliphatic hydroxyl groups is 1. The van der Waals surface area contributed by atoms with E-state index in [4.69, 9.17) is 10.4 Å². The standard InChI is InChI=1S/C8H5FINO/c9-8-5(4-12)1-2-7(10)6(8)3-11/h1-2,12H,4H2. The fourth-order valence-corrected chi connectivity index (χ4v) is 1.36. The van der Waals surface area contributed by atoms with Gasteiger partial charge in [0.2, 0.25) is 0 Å². The molecule has 1 rings (SSSR count). The highest BCUT2D eigenvalue weighted by Crippen LogP contribution is 2.18. The molecule has 0 unspecified atom stereocenters. The fourth-order valence-electron chi connectivity index (χ4n) is 0.820. The molecular weight excluding hydrogens is 272 g/mol. The summed E-state index contributed by atoms with van der Waals surface area (Å²) >= 11 is 1.87. The van der Waals surface area contributed by atoms with Crippen molar-refractivity contribution < 1.29 is 9.50 Å². The van der Waals surface area contributed by atoms with Gasteiger partial charge in [-0.25, -0.2) is 4.39 Å². The van der Waals surface area contributed by atoms with Gasteiger partial charge in [-0.15, -0.1) is 0 Å². The van der Waals surface area contributed by atoms with E-state index in [1.165, 1.54) is 6.07 Å². The molecule has 0 fully saturated rings. The van der Waals surface area contributed by atoms with Gasteiger partial charge in [0.15, 0.2) is 0 Å². The van der Waals surface area contributed by atoms with Crippen LogP contribution in [0.4, 0.5) is 4.39 Å². The van der Waals surface area contributed by atoms with Crippen molar-refractivity contribution in [3.05, 3.63) is 32.6 Å². The summed E-state index contributed by atoms with van der Waals surface area (Å²) < 4.78 is 13.7. The van der Waals surface area contributed by atoms with E-state index in [1.807, 2.05) is 22.6 Å². The average Bonchev–Trinajstić information content (AvgIpc) is 2.06. The molecule has 0 spiro atoms. The summed E-state index contributed by atoms with van der Waals surface area (Å²) in [5.41, 5.74) is 0.161. The number of nitrogens with zero attached hydrogens (tertiary/aromatic N) is 1. The molecule has 0 aliphatic rings. The zero-order chi connectivity index (χ0) is 9.14. The Morgan fingerprint density at radius 1 is 1.58 bits per heavy atom. The minimum absolute atomic E-state index is 0.00199. The third-order valence-electron chi connectivity index (χ3n) is 1.45. The molecule has 0 radical (unpaired) electrons. The number of benzene rings is 1. The van der Waals surface area contributed by atoms with Crippen LogP contribution in [-0.4, -0.2) is 5.11 Å². The Hall–Kier alpha value is -0.670. The van der Waals surface area contributed by atoms with Crippen LogP contribution < -0.4 is 0 Å². The van der Waals surface area contributed by atoms with Gasteiger partial charge in [-0.1, -0.05) is 6.07 Å². The van der Waals surface area contributed by atoms with Crippen LogP contribution in [0.3, 0.4) is 0 Å². The van der Waals surface area contributed by atoms with Crippen molar-refractivity contribution in [3.8, 4) is 6.07 Å². The second kappa shape index (κ2) is 3.83. The van der Waals surface area contributed by atoms with E-state index in [0.29, 0.717) is 3.57 Å². The molecule has 0 aliphatic carbocycles. The lowest BCUT2D eigenvalue weighted by Crippen LogP contribution is -1.95. The van der Waals surface area contributed by atoms with Crippen LogP contribution in [0.15, 0.2) is 12.1 Å². The van der Waals surface area contributed by atoms with Gasteiger partial charge in [0, 0.05) is 9.13 Å². The average molecular weight is 277 g/mol. The Labute approximate surface area is 82.8 Å². The summed E-state index contributed by atoms with van der Waals surface area (Å²) in [6.45, 7) is -0.378. The van der Waals surface area contributed by atoms with E-state index < -0.39 is 5.82 Å². The molecule has 0 aromatic heterocycles. The zero-order valence-corrected chi connectivity index (χ0v) is 8.17. The van der Waals surface area contributed by atoms with Crippen LogP contribution in [0.25, 0.3) is 0 Å². The summed E-state index contributed by atoms with van der Waals surface area (Å²) in [7, 11) is 0. The van der Waals surface area contributed by atoms with E-state index in [2.05, 4.69) is 0 Å². The third-order valence-corrected chi connectivity index (χ3v) is 2.35. The van der Waals surface area contributed by atoms with Crippen molar-refractivity contribution in [2.45, 2.75) is 6.61 Å². The number of hydrogen-bond acceptors (Lipinski definition) is 2. The van der Waals surface area contributed by atoms with Gasteiger partial charge in [-0.2, -0.15) is 5.26 Å². The highest BCUT2D eigenvalue weighted by Gasteiger charge is 2.10. The van der Waals surface area contributed by atoms with Crippen LogP contribution in [0, 0.1) is 20.7 Å². The third kappa shape index (κ3) is 1.57. The van der Waals surface area contributed by atoms with Crippen LogP contribution in [0.5, 0.6) is 0 Å². The van der Waals surface area contributed by atoms with Crippen molar-refractivity contribution in [3.63, 3.8) is 0 Å². The molecule has 0 amide bonds. The van der Waals surface area contributed by atoms with Gasteiger partial charge in [0.1, 0.15) is 17.4 Å². The Bertz CT molecular complexity index is 346. The lowest BCUT2D eigenvalue weighted by Gasteiger charge is -2.01. The molecule has 1 aromatic rings. The van der Waals surface area contributed by atoms with Gasteiger partial charge in [-0.3, -0.25) is 0 Å².